The predicted molar refractivity (Wildman–Crippen MR) is 121 cm³/mol. The van der Waals surface area contributed by atoms with Crippen molar-refractivity contribution in [3.8, 4) is 11.5 Å². The van der Waals surface area contributed by atoms with Crippen molar-refractivity contribution in [2.75, 3.05) is 40.4 Å². The Kier molecular flexibility index (Phi) is 7.59. The van der Waals surface area contributed by atoms with Gasteiger partial charge in [0.15, 0.2) is 11.5 Å². The minimum absolute atomic E-state index is 0.0399. The molecule has 9 heteroatoms. The number of hydrogen-bond donors (Lipinski definition) is 0. The van der Waals surface area contributed by atoms with Gasteiger partial charge in [-0.3, -0.25) is 4.79 Å². The summed E-state index contributed by atoms with van der Waals surface area (Å²) in [5.41, 5.74) is 1.44. The van der Waals surface area contributed by atoms with E-state index in [0.29, 0.717) is 35.2 Å². The van der Waals surface area contributed by atoms with Crippen LogP contribution in [0.2, 0.25) is 5.02 Å². The molecule has 0 spiro atoms. The van der Waals surface area contributed by atoms with Crippen molar-refractivity contribution in [2.24, 2.45) is 0 Å². The number of methoxy groups -OCH3 is 2. The van der Waals surface area contributed by atoms with E-state index in [1.54, 1.807) is 35.2 Å². The number of hydrogen-bond acceptors (Lipinski definition) is 5. The first-order valence-electron chi connectivity index (χ1n) is 9.74. The first-order chi connectivity index (χ1) is 14.8. The second kappa shape index (κ2) is 10.2. The Morgan fingerprint density at radius 3 is 2.35 bits per heavy atom. The van der Waals surface area contributed by atoms with E-state index in [4.69, 9.17) is 21.1 Å². The normalized spacial score (nSPS) is 15.3. The number of carbonyl (C=O) groups is 1. The zero-order valence-corrected chi connectivity index (χ0v) is 19.0. The molecule has 7 nitrogen and oxygen atoms in total. The van der Waals surface area contributed by atoms with Crippen LogP contribution in [0.15, 0.2) is 48.5 Å². The SMILES string of the molecule is COc1cc(C=CC(=O)N2CCN(S(=O)(=O)Cc3ccccc3)CC2)cc(Cl)c1OC. The Morgan fingerprint density at radius 1 is 1.06 bits per heavy atom. The van der Waals surface area contributed by atoms with Gasteiger partial charge in [0.05, 0.1) is 25.0 Å². The predicted octanol–water partition coefficient (Wildman–Crippen LogP) is 3.04. The van der Waals surface area contributed by atoms with Gasteiger partial charge in [-0.2, -0.15) is 4.31 Å². The lowest BCUT2D eigenvalue weighted by Crippen LogP contribution is -2.50. The van der Waals surface area contributed by atoms with Crippen LogP contribution in [0.3, 0.4) is 0 Å². The second-order valence-electron chi connectivity index (χ2n) is 7.04. The van der Waals surface area contributed by atoms with E-state index >= 15 is 0 Å². The summed E-state index contributed by atoms with van der Waals surface area (Å²) in [4.78, 5) is 14.2. The highest BCUT2D eigenvalue weighted by Gasteiger charge is 2.28. The van der Waals surface area contributed by atoms with E-state index in [-0.39, 0.29) is 24.7 Å². The van der Waals surface area contributed by atoms with Crippen LogP contribution < -0.4 is 9.47 Å². The number of nitrogens with zero attached hydrogens (tertiary/aromatic N) is 2. The number of sulfonamides is 1. The second-order valence-corrected chi connectivity index (χ2v) is 9.41. The monoisotopic (exact) mass is 464 g/mol. The van der Waals surface area contributed by atoms with Crippen LogP contribution >= 0.6 is 11.6 Å². The lowest BCUT2D eigenvalue weighted by molar-refractivity contribution is -0.127. The maximum atomic E-state index is 12.7. The summed E-state index contributed by atoms with van der Waals surface area (Å²) in [6, 6.07) is 12.5. The lowest BCUT2D eigenvalue weighted by Gasteiger charge is -2.33. The van der Waals surface area contributed by atoms with E-state index in [1.807, 2.05) is 18.2 Å². The Labute approximate surface area is 187 Å². The molecule has 3 rings (SSSR count). The van der Waals surface area contributed by atoms with Crippen molar-refractivity contribution in [3.05, 3.63) is 64.7 Å². The van der Waals surface area contributed by atoms with Gasteiger partial charge in [0.2, 0.25) is 15.9 Å². The van der Waals surface area contributed by atoms with Gasteiger partial charge in [0, 0.05) is 32.3 Å². The highest BCUT2D eigenvalue weighted by molar-refractivity contribution is 7.88. The number of carbonyl (C=O) groups excluding carboxylic acids is 1. The minimum atomic E-state index is -3.42. The molecule has 1 fully saturated rings. The van der Waals surface area contributed by atoms with E-state index in [2.05, 4.69) is 0 Å². The van der Waals surface area contributed by atoms with Crippen molar-refractivity contribution < 1.29 is 22.7 Å². The number of benzene rings is 2. The molecular formula is C22H25ClN2O5S. The first kappa shape index (κ1) is 23.1. The maximum absolute atomic E-state index is 12.7. The fourth-order valence-corrected chi connectivity index (χ4v) is 5.18. The van der Waals surface area contributed by atoms with E-state index in [9.17, 15) is 13.2 Å². The molecule has 1 saturated heterocycles. The van der Waals surface area contributed by atoms with Gasteiger partial charge in [-0.15, -0.1) is 0 Å². The fraction of sp³-hybridized carbons (Fsp3) is 0.318. The molecule has 0 bridgehead atoms. The molecule has 0 unspecified atom stereocenters. The number of amides is 1. The van der Waals surface area contributed by atoms with Crippen LogP contribution in [-0.4, -0.2) is 63.9 Å². The molecule has 0 N–H and O–H groups in total. The Morgan fingerprint density at radius 2 is 1.74 bits per heavy atom. The molecule has 0 atom stereocenters. The third-order valence-corrected chi connectivity index (χ3v) is 7.14. The van der Waals surface area contributed by atoms with Crippen LogP contribution in [0.1, 0.15) is 11.1 Å². The number of piperazine rings is 1. The topological polar surface area (TPSA) is 76.2 Å². The molecule has 166 valence electrons. The molecule has 1 amide bonds. The Hall–Kier alpha value is -2.55. The van der Waals surface area contributed by atoms with E-state index in [1.165, 1.54) is 24.6 Å². The summed E-state index contributed by atoms with van der Waals surface area (Å²) >= 11 is 6.20. The van der Waals surface area contributed by atoms with Crippen molar-refractivity contribution in [1.82, 2.24) is 9.21 Å². The molecule has 1 heterocycles. The molecule has 1 aliphatic heterocycles. The van der Waals surface area contributed by atoms with Gasteiger partial charge in [-0.25, -0.2) is 8.42 Å². The standard InChI is InChI=1S/C22H25ClN2O5S/c1-29-20-15-18(14-19(23)22(20)30-2)8-9-21(26)24-10-12-25(13-11-24)31(27,28)16-17-6-4-3-5-7-17/h3-9,14-15H,10-13,16H2,1-2H3. The number of ether oxygens (including phenoxy) is 2. The van der Waals surface area contributed by atoms with E-state index < -0.39 is 10.0 Å². The molecule has 2 aromatic rings. The summed E-state index contributed by atoms with van der Waals surface area (Å²) in [6.07, 6.45) is 3.10. The van der Waals surface area contributed by atoms with Crippen LogP contribution in [0.25, 0.3) is 6.08 Å². The van der Waals surface area contributed by atoms with Crippen molar-refractivity contribution in [2.45, 2.75) is 5.75 Å². The van der Waals surface area contributed by atoms with Crippen LogP contribution in [0.5, 0.6) is 11.5 Å². The van der Waals surface area contributed by atoms with Crippen LogP contribution in [0.4, 0.5) is 0 Å². The first-order valence-corrected chi connectivity index (χ1v) is 11.7. The molecular weight excluding hydrogens is 440 g/mol. The van der Waals surface area contributed by atoms with Crippen molar-refractivity contribution >= 4 is 33.6 Å². The fourth-order valence-electron chi connectivity index (χ4n) is 3.37. The highest BCUT2D eigenvalue weighted by atomic mass is 35.5. The summed E-state index contributed by atoms with van der Waals surface area (Å²) in [6.45, 7) is 1.22. The van der Waals surface area contributed by atoms with E-state index in [0.717, 1.165) is 5.56 Å². The average Bonchev–Trinajstić information content (AvgIpc) is 2.77. The quantitative estimate of drug-likeness (QED) is 0.589. The minimum Gasteiger partial charge on any atom is -0.493 e. The van der Waals surface area contributed by atoms with Gasteiger partial charge in [-0.1, -0.05) is 41.9 Å². The maximum Gasteiger partial charge on any atom is 0.246 e. The summed E-state index contributed by atoms with van der Waals surface area (Å²) in [7, 11) is -0.408. The Bertz CT molecular complexity index is 1050. The molecule has 2 aromatic carbocycles. The molecule has 31 heavy (non-hydrogen) atoms. The lowest BCUT2D eigenvalue weighted by atomic mass is 10.1. The van der Waals surface area contributed by atoms with Gasteiger partial charge in [-0.05, 0) is 29.3 Å². The zero-order chi connectivity index (χ0) is 22.4. The molecule has 0 radical (unpaired) electrons. The van der Waals surface area contributed by atoms with Gasteiger partial charge < -0.3 is 14.4 Å². The van der Waals surface area contributed by atoms with Gasteiger partial charge in [0.25, 0.3) is 0 Å². The van der Waals surface area contributed by atoms with Crippen LogP contribution in [-0.2, 0) is 20.6 Å². The van der Waals surface area contributed by atoms with Crippen molar-refractivity contribution in [1.29, 1.82) is 0 Å². The van der Waals surface area contributed by atoms with Crippen LogP contribution in [0, 0.1) is 0 Å². The van der Waals surface area contributed by atoms with Gasteiger partial charge in [0.1, 0.15) is 0 Å². The average molecular weight is 465 g/mol. The third-order valence-electron chi connectivity index (χ3n) is 5.01. The van der Waals surface area contributed by atoms with Crippen molar-refractivity contribution in [3.63, 3.8) is 0 Å². The summed E-state index contributed by atoms with van der Waals surface area (Å²) in [5, 5.41) is 0.381. The Balaban J connectivity index is 1.60. The molecule has 0 aromatic heterocycles. The highest BCUT2D eigenvalue weighted by Crippen LogP contribution is 2.36. The molecule has 0 aliphatic carbocycles. The van der Waals surface area contributed by atoms with Gasteiger partial charge >= 0.3 is 0 Å². The third kappa shape index (κ3) is 5.78. The summed E-state index contributed by atoms with van der Waals surface area (Å²) in [5.74, 6) is 0.674. The largest absolute Gasteiger partial charge is 0.493 e. The number of halogens is 1. The molecule has 0 saturated carbocycles. The number of rotatable bonds is 7. The zero-order valence-electron chi connectivity index (χ0n) is 17.5. The smallest absolute Gasteiger partial charge is 0.246 e. The molecule has 1 aliphatic rings. The summed E-state index contributed by atoms with van der Waals surface area (Å²) < 4.78 is 37.2.